The van der Waals surface area contributed by atoms with Crippen LogP contribution in [0.15, 0.2) is 24.4 Å². The molecule has 1 aromatic carbocycles. The summed E-state index contributed by atoms with van der Waals surface area (Å²) in [6.45, 7) is 0.614. The fourth-order valence-electron chi connectivity index (χ4n) is 1.96. The number of nitrogens with zero attached hydrogens (tertiary/aromatic N) is 1. The molecule has 1 aliphatic rings. The molecule has 3 rings (SSSR count). The molecule has 2 nitrogen and oxygen atoms in total. The normalized spacial score (nSPS) is 15.4. The van der Waals surface area contributed by atoms with Gasteiger partial charge in [0.15, 0.2) is 0 Å². The number of thiazole rings is 1. The van der Waals surface area contributed by atoms with E-state index in [1.165, 1.54) is 23.5 Å². The maximum Gasteiger partial charge on any atom is 0.419 e. The maximum absolute atomic E-state index is 14.0. The minimum atomic E-state index is -4.70. The SMILES string of the molecule is Fc1c(-c2ncc(CNC3CC3)s2)cccc1C(F)(F)F. The van der Waals surface area contributed by atoms with Crippen LogP contribution in [0.5, 0.6) is 0 Å². The number of hydrogen-bond donors (Lipinski definition) is 1. The van der Waals surface area contributed by atoms with Gasteiger partial charge in [-0.05, 0) is 25.0 Å². The standard InChI is InChI=1S/C14H12F4N2S/c15-12-10(2-1-3-11(12)14(16,17)18)13-20-7-9(21-13)6-19-8-4-5-8/h1-3,7-8,19H,4-6H2. The second-order valence-corrected chi connectivity index (χ2v) is 6.07. The van der Waals surface area contributed by atoms with E-state index in [1.807, 2.05) is 0 Å². The van der Waals surface area contributed by atoms with Crippen molar-refractivity contribution in [3.05, 3.63) is 40.7 Å². The second-order valence-electron chi connectivity index (χ2n) is 4.95. The predicted molar refractivity (Wildman–Crippen MR) is 72.4 cm³/mol. The minimum absolute atomic E-state index is 0.104. The number of rotatable bonds is 4. The molecule has 1 N–H and O–H groups in total. The van der Waals surface area contributed by atoms with Crippen molar-refractivity contribution in [1.82, 2.24) is 10.3 Å². The first-order chi connectivity index (χ1) is 9.95. The van der Waals surface area contributed by atoms with Crippen LogP contribution in [-0.4, -0.2) is 11.0 Å². The Bertz CT molecular complexity index is 647. The summed E-state index contributed by atoms with van der Waals surface area (Å²) in [6, 6.07) is 3.79. The summed E-state index contributed by atoms with van der Waals surface area (Å²) in [4.78, 5) is 4.92. The Balaban J connectivity index is 1.86. The van der Waals surface area contributed by atoms with E-state index in [1.54, 1.807) is 6.20 Å². The predicted octanol–water partition coefficient (Wildman–Crippen LogP) is 4.22. The van der Waals surface area contributed by atoms with E-state index < -0.39 is 17.6 Å². The van der Waals surface area contributed by atoms with Crippen molar-refractivity contribution in [1.29, 1.82) is 0 Å². The average molecular weight is 316 g/mol. The molecule has 0 radical (unpaired) electrons. The molecule has 7 heteroatoms. The third kappa shape index (κ3) is 3.24. The van der Waals surface area contributed by atoms with Gasteiger partial charge in [0.2, 0.25) is 0 Å². The number of halogens is 4. The van der Waals surface area contributed by atoms with Crippen LogP contribution < -0.4 is 5.32 Å². The molecule has 1 aromatic heterocycles. The van der Waals surface area contributed by atoms with Crippen molar-refractivity contribution in [2.45, 2.75) is 31.6 Å². The summed E-state index contributed by atoms with van der Waals surface area (Å²) in [5, 5.41) is 3.55. The van der Waals surface area contributed by atoms with Crippen LogP contribution in [-0.2, 0) is 12.7 Å². The molecule has 0 aliphatic heterocycles. The van der Waals surface area contributed by atoms with Crippen LogP contribution in [0.2, 0.25) is 0 Å². The van der Waals surface area contributed by atoms with Crippen molar-refractivity contribution in [2.75, 3.05) is 0 Å². The fourth-order valence-corrected chi connectivity index (χ4v) is 2.84. The van der Waals surface area contributed by atoms with Crippen LogP contribution >= 0.6 is 11.3 Å². The van der Waals surface area contributed by atoms with Gasteiger partial charge in [0.1, 0.15) is 10.8 Å². The number of alkyl halides is 3. The summed E-state index contributed by atoms with van der Waals surface area (Å²) < 4.78 is 52.1. The van der Waals surface area contributed by atoms with Crippen LogP contribution in [0, 0.1) is 5.82 Å². The molecule has 1 fully saturated rings. The lowest BCUT2D eigenvalue weighted by Gasteiger charge is -2.09. The van der Waals surface area contributed by atoms with E-state index in [2.05, 4.69) is 10.3 Å². The van der Waals surface area contributed by atoms with Crippen molar-refractivity contribution in [3.8, 4) is 10.6 Å². The fraction of sp³-hybridized carbons (Fsp3) is 0.357. The molecule has 0 bridgehead atoms. The van der Waals surface area contributed by atoms with E-state index >= 15 is 0 Å². The lowest BCUT2D eigenvalue weighted by molar-refractivity contribution is -0.139. The Hall–Kier alpha value is -1.47. The summed E-state index contributed by atoms with van der Waals surface area (Å²) in [7, 11) is 0. The Kier molecular flexibility index (Phi) is 3.71. The number of aromatic nitrogens is 1. The number of nitrogens with one attached hydrogen (secondary N) is 1. The highest BCUT2D eigenvalue weighted by Crippen LogP contribution is 2.36. The molecule has 112 valence electrons. The molecule has 1 saturated carbocycles. The minimum Gasteiger partial charge on any atom is -0.309 e. The first kappa shape index (κ1) is 14.5. The lowest BCUT2D eigenvalue weighted by atomic mass is 10.1. The number of benzene rings is 1. The zero-order chi connectivity index (χ0) is 15.0. The molecule has 0 unspecified atom stereocenters. The zero-order valence-electron chi connectivity index (χ0n) is 10.9. The molecule has 0 spiro atoms. The first-order valence-corrected chi connectivity index (χ1v) is 7.31. The van der Waals surface area contributed by atoms with Crippen molar-refractivity contribution in [3.63, 3.8) is 0 Å². The van der Waals surface area contributed by atoms with Gasteiger partial charge in [-0.15, -0.1) is 11.3 Å². The third-order valence-electron chi connectivity index (χ3n) is 3.23. The van der Waals surface area contributed by atoms with E-state index in [9.17, 15) is 17.6 Å². The topological polar surface area (TPSA) is 24.9 Å². The highest BCUT2D eigenvalue weighted by atomic mass is 32.1. The van der Waals surface area contributed by atoms with Gasteiger partial charge in [-0.2, -0.15) is 13.2 Å². The Labute approximate surface area is 122 Å². The number of hydrogen-bond acceptors (Lipinski definition) is 3. The van der Waals surface area contributed by atoms with Crippen molar-refractivity contribution >= 4 is 11.3 Å². The molecular formula is C14H12F4N2S. The Morgan fingerprint density at radius 2 is 2.05 bits per heavy atom. The molecule has 1 aliphatic carbocycles. The lowest BCUT2D eigenvalue weighted by Crippen LogP contribution is -2.14. The van der Waals surface area contributed by atoms with Gasteiger partial charge >= 0.3 is 6.18 Å². The van der Waals surface area contributed by atoms with Crippen LogP contribution in [0.4, 0.5) is 17.6 Å². The highest BCUT2D eigenvalue weighted by Gasteiger charge is 2.35. The summed E-state index contributed by atoms with van der Waals surface area (Å²) in [5.41, 5.74) is -1.36. The van der Waals surface area contributed by atoms with Gasteiger partial charge in [0.05, 0.1) is 5.56 Å². The van der Waals surface area contributed by atoms with Crippen LogP contribution in [0.1, 0.15) is 23.3 Å². The summed E-state index contributed by atoms with van der Waals surface area (Å²) in [6.07, 6.45) is -0.829. The Morgan fingerprint density at radius 1 is 1.29 bits per heavy atom. The van der Waals surface area contributed by atoms with Crippen LogP contribution in [0.25, 0.3) is 10.6 Å². The largest absolute Gasteiger partial charge is 0.419 e. The Morgan fingerprint density at radius 3 is 2.71 bits per heavy atom. The van der Waals surface area contributed by atoms with E-state index in [4.69, 9.17) is 0 Å². The average Bonchev–Trinajstić information content (AvgIpc) is 3.13. The van der Waals surface area contributed by atoms with E-state index in [0.29, 0.717) is 12.6 Å². The molecule has 0 atom stereocenters. The second kappa shape index (κ2) is 5.38. The summed E-state index contributed by atoms with van der Waals surface area (Å²) in [5.74, 6) is -1.26. The van der Waals surface area contributed by atoms with Gasteiger partial charge < -0.3 is 5.32 Å². The molecule has 1 heterocycles. The van der Waals surface area contributed by atoms with Crippen molar-refractivity contribution < 1.29 is 17.6 Å². The molecule has 21 heavy (non-hydrogen) atoms. The molecule has 2 aromatic rings. The molecule has 0 saturated heterocycles. The maximum atomic E-state index is 14.0. The van der Waals surface area contributed by atoms with Gasteiger partial charge in [-0.1, -0.05) is 6.07 Å². The summed E-state index contributed by atoms with van der Waals surface area (Å²) >= 11 is 1.21. The van der Waals surface area contributed by atoms with Crippen molar-refractivity contribution in [2.24, 2.45) is 0 Å². The monoisotopic (exact) mass is 316 g/mol. The zero-order valence-corrected chi connectivity index (χ0v) is 11.7. The van der Waals surface area contributed by atoms with Gasteiger partial charge in [-0.3, -0.25) is 0 Å². The highest BCUT2D eigenvalue weighted by molar-refractivity contribution is 7.15. The third-order valence-corrected chi connectivity index (χ3v) is 4.26. The van der Waals surface area contributed by atoms with E-state index in [0.717, 1.165) is 23.8 Å². The first-order valence-electron chi connectivity index (χ1n) is 6.49. The molecular weight excluding hydrogens is 304 g/mol. The van der Waals surface area contributed by atoms with E-state index in [-0.39, 0.29) is 10.6 Å². The quantitative estimate of drug-likeness (QED) is 0.854. The van der Waals surface area contributed by atoms with Gasteiger partial charge in [0, 0.05) is 29.2 Å². The van der Waals surface area contributed by atoms with Gasteiger partial charge in [-0.25, -0.2) is 9.37 Å². The van der Waals surface area contributed by atoms with Gasteiger partial charge in [0.25, 0.3) is 0 Å². The smallest absolute Gasteiger partial charge is 0.309 e. The van der Waals surface area contributed by atoms with Crippen LogP contribution in [0.3, 0.4) is 0 Å². The molecule has 0 amide bonds.